The molecule has 146 valence electrons. The van der Waals surface area contributed by atoms with Crippen molar-refractivity contribution in [3.63, 3.8) is 0 Å². The molecule has 0 aromatic heterocycles. The van der Waals surface area contributed by atoms with Crippen LogP contribution in [0.15, 0.2) is 59.0 Å². The third kappa shape index (κ3) is 6.75. The Morgan fingerprint density at radius 1 is 1.11 bits per heavy atom. The second kappa shape index (κ2) is 9.96. The van der Waals surface area contributed by atoms with Crippen molar-refractivity contribution in [2.75, 3.05) is 16.4 Å². The van der Waals surface area contributed by atoms with E-state index in [1.165, 1.54) is 18.7 Å². The maximum absolute atomic E-state index is 12.1. The molecule has 2 aromatic rings. The number of thioether (sulfide) groups is 1. The fourth-order valence-electron chi connectivity index (χ4n) is 2.14. The number of amides is 2. The van der Waals surface area contributed by atoms with Gasteiger partial charge in [-0.3, -0.25) is 9.59 Å². The molecule has 0 bridgehead atoms. The van der Waals surface area contributed by atoms with Crippen LogP contribution < -0.4 is 10.6 Å². The first-order valence-corrected chi connectivity index (χ1v) is 9.62. The van der Waals surface area contributed by atoms with E-state index in [-0.39, 0.29) is 17.2 Å². The third-order valence-electron chi connectivity index (χ3n) is 3.65. The quantitative estimate of drug-likeness (QED) is 0.459. The van der Waals surface area contributed by atoms with Crippen LogP contribution in [0.5, 0.6) is 0 Å². The van der Waals surface area contributed by atoms with Gasteiger partial charge in [-0.05, 0) is 55.8 Å². The van der Waals surface area contributed by atoms with Crippen LogP contribution in [0.4, 0.5) is 11.4 Å². The summed E-state index contributed by atoms with van der Waals surface area (Å²) < 4.78 is 0. The van der Waals surface area contributed by atoms with Gasteiger partial charge in [0.15, 0.2) is 0 Å². The normalized spacial score (nSPS) is 11.0. The van der Waals surface area contributed by atoms with E-state index in [0.29, 0.717) is 16.4 Å². The fraction of sp³-hybridized carbons (Fsp3) is 0.150. The lowest BCUT2D eigenvalue weighted by Crippen LogP contribution is -2.14. The minimum absolute atomic E-state index is 0.0503. The molecule has 0 radical (unpaired) electrons. The number of anilines is 2. The summed E-state index contributed by atoms with van der Waals surface area (Å²) in [6.45, 7) is 3.23. The predicted molar refractivity (Wildman–Crippen MR) is 112 cm³/mol. The number of nitrogens with one attached hydrogen (secondary N) is 2. The van der Waals surface area contributed by atoms with Gasteiger partial charge in [-0.25, -0.2) is 4.79 Å². The van der Waals surface area contributed by atoms with Crippen LogP contribution in [-0.4, -0.2) is 28.6 Å². The molecule has 0 heterocycles. The van der Waals surface area contributed by atoms with Crippen molar-refractivity contribution in [3.05, 3.63) is 64.7 Å². The first kappa shape index (κ1) is 21.5. The zero-order chi connectivity index (χ0) is 20.7. The Morgan fingerprint density at radius 2 is 1.79 bits per heavy atom. The van der Waals surface area contributed by atoms with Crippen molar-refractivity contribution in [1.82, 2.24) is 0 Å². The summed E-state index contributed by atoms with van der Waals surface area (Å²) >= 11 is 7.30. The van der Waals surface area contributed by atoms with Crippen molar-refractivity contribution in [1.29, 1.82) is 0 Å². The van der Waals surface area contributed by atoms with Gasteiger partial charge in [-0.15, -0.1) is 11.8 Å². The highest BCUT2D eigenvalue weighted by molar-refractivity contribution is 8.00. The molecule has 0 saturated heterocycles. The van der Waals surface area contributed by atoms with Crippen LogP contribution in [0.1, 0.15) is 12.5 Å². The maximum atomic E-state index is 12.1. The van der Waals surface area contributed by atoms with E-state index in [2.05, 4.69) is 10.6 Å². The Hall–Kier alpha value is -2.77. The Labute approximate surface area is 172 Å². The Balaban J connectivity index is 1.88. The topological polar surface area (TPSA) is 95.5 Å². The van der Waals surface area contributed by atoms with Gasteiger partial charge in [0.05, 0.1) is 5.75 Å². The van der Waals surface area contributed by atoms with Gasteiger partial charge < -0.3 is 15.7 Å². The van der Waals surface area contributed by atoms with Crippen LogP contribution in [0.25, 0.3) is 0 Å². The lowest BCUT2D eigenvalue weighted by Gasteiger charge is -2.09. The minimum atomic E-state index is -1.15. The van der Waals surface area contributed by atoms with E-state index in [0.717, 1.165) is 16.5 Å². The predicted octanol–water partition coefficient (Wildman–Crippen LogP) is 4.35. The SMILES string of the molecule is C/C(=C\C(=O)Nc1ccc(SCC(=O)Nc2cc(Cl)ccc2C)cc1)C(=O)O. The first-order chi connectivity index (χ1) is 13.2. The van der Waals surface area contributed by atoms with Crippen molar-refractivity contribution < 1.29 is 19.5 Å². The summed E-state index contributed by atoms with van der Waals surface area (Å²) in [6, 6.07) is 12.2. The molecule has 0 fully saturated rings. The van der Waals surface area contributed by atoms with Crippen LogP contribution in [0.2, 0.25) is 5.02 Å². The molecule has 6 nitrogen and oxygen atoms in total. The number of carboxylic acids is 1. The number of halogens is 1. The van der Waals surface area contributed by atoms with Crippen molar-refractivity contribution in [2.24, 2.45) is 0 Å². The van der Waals surface area contributed by atoms with Crippen LogP contribution in [0.3, 0.4) is 0 Å². The monoisotopic (exact) mass is 418 g/mol. The zero-order valence-electron chi connectivity index (χ0n) is 15.3. The van der Waals surface area contributed by atoms with E-state index in [1.807, 2.05) is 13.0 Å². The summed E-state index contributed by atoms with van der Waals surface area (Å²) in [5, 5.41) is 14.7. The molecule has 0 unspecified atom stereocenters. The fourth-order valence-corrected chi connectivity index (χ4v) is 3.01. The molecule has 28 heavy (non-hydrogen) atoms. The number of hydrogen-bond donors (Lipinski definition) is 3. The van der Waals surface area contributed by atoms with Crippen LogP contribution >= 0.6 is 23.4 Å². The number of rotatable bonds is 7. The molecule has 0 spiro atoms. The van der Waals surface area contributed by atoms with E-state index in [1.54, 1.807) is 36.4 Å². The Morgan fingerprint density at radius 3 is 2.43 bits per heavy atom. The summed E-state index contributed by atoms with van der Waals surface area (Å²) in [4.78, 5) is 35.4. The molecule has 0 saturated carbocycles. The summed E-state index contributed by atoms with van der Waals surface area (Å²) in [7, 11) is 0. The van der Waals surface area contributed by atoms with Gasteiger partial charge in [-0.1, -0.05) is 17.7 Å². The second-order valence-corrected chi connectivity index (χ2v) is 7.43. The van der Waals surface area contributed by atoms with Crippen LogP contribution in [0, 0.1) is 6.92 Å². The summed E-state index contributed by atoms with van der Waals surface area (Å²) in [5.41, 5.74) is 2.09. The second-order valence-electron chi connectivity index (χ2n) is 5.94. The highest BCUT2D eigenvalue weighted by Gasteiger charge is 2.08. The number of carbonyl (C=O) groups excluding carboxylic acids is 2. The van der Waals surface area contributed by atoms with Gasteiger partial charge in [0.2, 0.25) is 11.8 Å². The molecule has 8 heteroatoms. The van der Waals surface area contributed by atoms with E-state index >= 15 is 0 Å². The lowest BCUT2D eigenvalue weighted by atomic mass is 10.2. The Kier molecular flexibility index (Phi) is 7.66. The minimum Gasteiger partial charge on any atom is -0.478 e. The highest BCUT2D eigenvalue weighted by atomic mass is 35.5. The molecular weight excluding hydrogens is 400 g/mol. The summed E-state index contributed by atoms with van der Waals surface area (Å²) in [5.74, 6) is -1.59. The average molecular weight is 419 g/mol. The molecule has 0 aliphatic carbocycles. The van der Waals surface area contributed by atoms with Crippen molar-refractivity contribution in [3.8, 4) is 0 Å². The smallest absolute Gasteiger partial charge is 0.331 e. The number of hydrogen-bond acceptors (Lipinski definition) is 4. The maximum Gasteiger partial charge on any atom is 0.331 e. The highest BCUT2D eigenvalue weighted by Crippen LogP contribution is 2.23. The lowest BCUT2D eigenvalue weighted by molar-refractivity contribution is -0.132. The molecule has 0 aliphatic heterocycles. The number of benzene rings is 2. The third-order valence-corrected chi connectivity index (χ3v) is 4.90. The zero-order valence-corrected chi connectivity index (χ0v) is 16.9. The Bertz CT molecular complexity index is 926. The van der Waals surface area contributed by atoms with Gasteiger partial charge >= 0.3 is 5.97 Å². The average Bonchev–Trinajstić information content (AvgIpc) is 2.64. The number of carboxylic acid groups (broad SMARTS) is 1. The molecule has 0 atom stereocenters. The largest absolute Gasteiger partial charge is 0.478 e. The molecule has 3 N–H and O–H groups in total. The number of aliphatic carboxylic acids is 1. The van der Waals surface area contributed by atoms with Crippen LogP contribution in [-0.2, 0) is 14.4 Å². The molecular formula is C20H19ClN2O4S. The number of carbonyl (C=O) groups is 3. The van der Waals surface area contributed by atoms with Crippen molar-refractivity contribution >= 4 is 52.5 Å². The van der Waals surface area contributed by atoms with E-state index in [9.17, 15) is 14.4 Å². The van der Waals surface area contributed by atoms with Gasteiger partial charge in [0.25, 0.3) is 0 Å². The van der Waals surface area contributed by atoms with Gasteiger partial charge in [0, 0.05) is 32.9 Å². The van der Waals surface area contributed by atoms with Gasteiger partial charge in [-0.2, -0.15) is 0 Å². The first-order valence-electron chi connectivity index (χ1n) is 8.26. The molecule has 0 aliphatic rings. The molecule has 2 aromatic carbocycles. The summed E-state index contributed by atoms with van der Waals surface area (Å²) in [6.07, 6.45) is 1.02. The standard InChI is InChI=1S/C20H19ClN2O4S/c1-12-3-4-14(21)10-17(12)23-19(25)11-28-16-7-5-15(6-8-16)22-18(24)9-13(2)20(26)27/h3-10H,11H2,1-2H3,(H,22,24)(H,23,25)(H,26,27)/b13-9+. The van der Waals surface area contributed by atoms with Gasteiger partial charge in [0.1, 0.15) is 0 Å². The molecule has 2 amide bonds. The van der Waals surface area contributed by atoms with E-state index < -0.39 is 11.9 Å². The van der Waals surface area contributed by atoms with E-state index in [4.69, 9.17) is 16.7 Å². The van der Waals surface area contributed by atoms with Crippen molar-refractivity contribution in [2.45, 2.75) is 18.7 Å². The molecule has 2 rings (SSSR count). The number of aryl methyl sites for hydroxylation is 1.